The normalized spacial score (nSPS) is 22.4. The number of fused-ring (bicyclic) bond motifs is 3. The zero-order valence-corrected chi connectivity index (χ0v) is 13.7. The van der Waals surface area contributed by atoms with Gasteiger partial charge in [-0.2, -0.15) is 0 Å². The van der Waals surface area contributed by atoms with Crippen molar-refractivity contribution in [2.45, 2.75) is 38.6 Å². The van der Waals surface area contributed by atoms with E-state index in [1.165, 1.54) is 10.8 Å². The van der Waals surface area contributed by atoms with Crippen molar-refractivity contribution < 1.29 is 9.53 Å². The fourth-order valence-electron chi connectivity index (χ4n) is 3.40. The number of nitrogens with zero attached hydrogens (tertiary/aromatic N) is 5. The third-order valence-corrected chi connectivity index (χ3v) is 4.78. The summed E-state index contributed by atoms with van der Waals surface area (Å²) in [4.78, 5) is 39.7. The largest absolute Gasteiger partial charge is 0.368 e. The zero-order chi connectivity index (χ0) is 17.6. The molecule has 0 aliphatic carbocycles. The molecule has 2 aliphatic rings. The van der Waals surface area contributed by atoms with Crippen LogP contribution in [0.5, 0.6) is 0 Å². The molecule has 1 N–H and O–H groups in total. The molecule has 0 spiro atoms. The predicted molar refractivity (Wildman–Crippen MR) is 84.9 cm³/mol. The summed E-state index contributed by atoms with van der Waals surface area (Å²) in [7, 11) is 0. The highest BCUT2D eigenvalue weighted by molar-refractivity contribution is 5.76. The Kier molecular flexibility index (Phi) is 3.75. The van der Waals surface area contributed by atoms with Crippen LogP contribution in [0.4, 0.5) is 0 Å². The predicted octanol–water partition coefficient (Wildman–Crippen LogP) is -1.19. The number of hydrogen-bond acceptors (Lipinski definition) is 6. The van der Waals surface area contributed by atoms with Crippen molar-refractivity contribution in [2.24, 2.45) is 0 Å². The topological polar surface area (TPSA) is 115 Å². The molecule has 1 fully saturated rings. The van der Waals surface area contributed by atoms with E-state index >= 15 is 0 Å². The number of nitrogens with one attached hydrogen (secondary N) is 1. The summed E-state index contributed by atoms with van der Waals surface area (Å²) in [6.45, 7) is 2.91. The quantitative estimate of drug-likeness (QED) is 0.731. The van der Waals surface area contributed by atoms with Crippen molar-refractivity contribution in [2.75, 3.05) is 13.1 Å². The van der Waals surface area contributed by atoms with Crippen molar-refractivity contribution >= 4 is 5.91 Å². The van der Waals surface area contributed by atoms with Crippen molar-refractivity contribution in [3.05, 3.63) is 44.5 Å². The van der Waals surface area contributed by atoms with Gasteiger partial charge in [-0.3, -0.25) is 19.1 Å². The lowest BCUT2D eigenvalue weighted by molar-refractivity contribution is -0.140. The molecule has 1 amide bonds. The van der Waals surface area contributed by atoms with Crippen molar-refractivity contribution in [3.63, 3.8) is 0 Å². The molecule has 0 aromatic carbocycles. The van der Waals surface area contributed by atoms with Crippen LogP contribution >= 0.6 is 0 Å². The van der Waals surface area contributed by atoms with E-state index in [0.29, 0.717) is 31.7 Å². The van der Waals surface area contributed by atoms with E-state index in [4.69, 9.17) is 4.74 Å². The lowest BCUT2D eigenvalue weighted by atomic mass is 10.00. The van der Waals surface area contributed by atoms with Gasteiger partial charge in [-0.1, -0.05) is 5.21 Å². The van der Waals surface area contributed by atoms with Gasteiger partial charge in [0.1, 0.15) is 6.54 Å². The Balaban J connectivity index is 1.47. The summed E-state index contributed by atoms with van der Waals surface area (Å²) in [5.41, 5.74) is 0.311. The standard InChI is InChI=1S/C15H18N6O4/c1-9-5-20(15(24)17-14(9)23)7-13(22)19-3-2-11-12(6-19)25-8-10-4-16-18-21(10)11/h4-5,11-12H,2-3,6-8H2,1H3,(H,17,23,24)/t11-,12-/m0/s1. The van der Waals surface area contributed by atoms with Gasteiger partial charge >= 0.3 is 5.69 Å². The number of aryl methyl sites for hydroxylation is 1. The van der Waals surface area contributed by atoms with Crippen LogP contribution in [-0.4, -0.2) is 54.5 Å². The van der Waals surface area contributed by atoms with Crippen LogP contribution in [0, 0.1) is 6.92 Å². The number of aromatic nitrogens is 5. The van der Waals surface area contributed by atoms with Crippen LogP contribution in [0.3, 0.4) is 0 Å². The molecule has 132 valence electrons. The summed E-state index contributed by atoms with van der Waals surface area (Å²) in [5.74, 6) is -0.181. The first kappa shape index (κ1) is 15.8. The molecule has 2 aromatic heterocycles. The van der Waals surface area contributed by atoms with E-state index in [2.05, 4.69) is 15.3 Å². The van der Waals surface area contributed by atoms with E-state index in [1.807, 2.05) is 4.68 Å². The SMILES string of the molecule is Cc1cn(CC(=O)N2CC[C@H]3[C@H](C2)OCc2cnnn23)c(=O)[nH]c1=O. The fraction of sp³-hybridized carbons (Fsp3) is 0.533. The maximum atomic E-state index is 12.6. The molecule has 10 nitrogen and oxygen atoms in total. The van der Waals surface area contributed by atoms with E-state index < -0.39 is 11.2 Å². The number of rotatable bonds is 2. The second-order valence-corrected chi connectivity index (χ2v) is 6.41. The smallest absolute Gasteiger partial charge is 0.328 e. The highest BCUT2D eigenvalue weighted by atomic mass is 16.5. The van der Waals surface area contributed by atoms with Crippen LogP contribution in [0.2, 0.25) is 0 Å². The van der Waals surface area contributed by atoms with E-state index in [-0.39, 0.29) is 24.6 Å². The van der Waals surface area contributed by atoms with Gasteiger partial charge in [-0.25, -0.2) is 9.48 Å². The first-order valence-corrected chi connectivity index (χ1v) is 8.12. The Bertz CT molecular complexity index is 929. The molecule has 10 heteroatoms. The first-order chi connectivity index (χ1) is 12.0. The number of H-pyrrole nitrogens is 1. The number of carbonyl (C=O) groups excluding carboxylic acids is 1. The number of carbonyl (C=O) groups is 1. The molecule has 2 atom stereocenters. The highest BCUT2D eigenvalue weighted by Crippen LogP contribution is 2.30. The van der Waals surface area contributed by atoms with Crippen LogP contribution in [-0.2, 0) is 22.7 Å². The van der Waals surface area contributed by atoms with Gasteiger partial charge in [0.15, 0.2) is 0 Å². The summed E-state index contributed by atoms with van der Waals surface area (Å²) in [5, 5.41) is 8.03. The maximum absolute atomic E-state index is 12.6. The molecule has 25 heavy (non-hydrogen) atoms. The molecule has 0 bridgehead atoms. The van der Waals surface area contributed by atoms with Gasteiger partial charge in [0.05, 0.1) is 30.6 Å². The summed E-state index contributed by atoms with van der Waals surface area (Å²) >= 11 is 0. The molecule has 2 aromatic rings. The molecular weight excluding hydrogens is 328 g/mol. The molecule has 0 saturated carbocycles. The van der Waals surface area contributed by atoms with Crippen molar-refractivity contribution in [3.8, 4) is 0 Å². The number of hydrogen-bond donors (Lipinski definition) is 1. The van der Waals surface area contributed by atoms with Gasteiger partial charge in [0.2, 0.25) is 5.91 Å². The summed E-state index contributed by atoms with van der Waals surface area (Å²) in [6.07, 6.45) is 3.68. The Hall–Kier alpha value is -2.75. The number of amides is 1. The Morgan fingerprint density at radius 2 is 2.28 bits per heavy atom. The van der Waals surface area contributed by atoms with E-state index in [9.17, 15) is 14.4 Å². The van der Waals surface area contributed by atoms with Crippen LogP contribution in [0.1, 0.15) is 23.7 Å². The number of likely N-dealkylation sites (tertiary alicyclic amines) is 1. The Labute approximate surface area is 142 Å². The molecule has 2 aliphatic heterocycles. The molecule has 4 heterocycles. The molecular formula is C15H18N6O4. The summed E-state index contributed by atoms with van der Waals surface area (Å²) in [6, 6.07) is 0.0772. The molecule has 4 rings (SSSR count). The lowest BCUT2D eigenvalue weighted by Crippen LogP contribution is -2.51. The van der Waals surface area contributed by atoms with Crippen molar-refractivity contribution in [1.29, 1.82) is 0 Å². The Morgan fingerprint density at radius 1 is 1.44 bits per heavy atom. The monoisotopic (exact) mass is 346 g/mol. The molecule has 1 saturated heterocycles. The average molecular weight is 346 g/mol. The minimum absolute atomic E-state index is 0.0772. The molecule has 0 radical (unpaired) electrons. The second-order valence-electron chi connectivity index (χ2n) is 6.41. The third kappa shape index (κ3) is 2.78. The van der Waals surface area contributed by atoms with Crippen LogP contribution in [0.15, 0.2) is 22.0 Å². The van der Waals surface area contributed by atoms with E-state index in [0.717, 1.165) is 5.69 Å². The van der Waals surface area contributed by atoms with Gasteiger partial charge in [0, 0.05) is 24.8 Å². The van der Waals surface area contributed by atoms with E-state index in [1.54, 1.807) is 18.0 Å². The minimum atomic E-state index is -0.583. The fourth-order valence-corrected chi connectivity index (χ4v) is 3.40. The highest BCUT2D eigenvalue weighted by Gasteiger charge is 2.37. The minimum Gasteiger partial charge on any atom is -0.368 e. The maximum Gasteiger partial charge on any atom is 0.328 e. The van der Waals surface area contributed by atoms with Crippen LogP contribution < -0.4 is 11.2 Å². The van der Waals surface area contributed by atoms with Gasteiger partial charge < -0.3 is 9.64 Å². The summed E-state index contributed by atoms with van der Waals surface area (Å²) < 4.78 is 8.95. The molecule has 0 unspecified atom stereocenters. The Morgan fingerprint density at radius 3 is 3.12 bits per heavy atom. The van der Waals surface area contributed by atoms with Crippen LogP contribution in [0.25, 0.3) is 0 Å². The van der Waals surface area contributed by atoms with Gasteiger partial charge in [-0.05, 0) is 13.3 Å². The van der Waals surface area contributed by atoms with Crippen molar-refractivity contribution in [1.82, 2.24) is 29.4 Å². The lowest BCUT2D eigenvalue weighted by Gasteiger charge is -2.41. The number of aromatic amines is 1. The zero-order valence-electron chi connectivity index (χ0n) is 13.7. The first-order valence-electron chi connectivity index (χ1n) is 8.12. The second kappa shape index (κ2) is 5.96. The number of ether oxygens (including phenoxy) is 1. The van der Waals surface area contributed by atoms with Gasteiger partial charge in [0.25, 0.3) is 5.56 Å². The average Bonchev–Trinajstić information content (AvgIpc) is 3.08. The number of piperidine rings is 1. The van der Waals surface area contributed by atoms with Gasteiger partial charge in [-0.15, -0.1) is 5.10 Å². The third-order valence-electron chi connectivity index (χ3n) is 4.78.